The van der Waals surface area contributed by atoms with E-state index in [1.54, 1.807) is 152 Å². The number of hydrogen-bond acceptors (Lipinski definition) is 11. The summed E-state index contributed by atoms with van der Waals surface area (Å²) in [6.45, 7) is -0.426. The summed E-state index contributed by atoms with van der Waals surface area (Å²) in [6.07, 6.45) is -3.68. The highest BCUT2D eigenvalue weighted by atomic mass is 16.7. The maximum atomic E-state index is 13.8. The lowest BCUT2D eigenvalue weighted by atomic mass is 9.90. The standard InChI is InChI=1S/C42H35NO10/c43-49-26-25-28-21-23-29(24-22-28)35-37(52-41(46)32-17-9-3-10-18-32)38(53-42(47)33-19-11-4-12-20-33)36(51-40(45)31-15-7-2-8-16-31)34(50-35)27-48-39(44)30-13-5-1-6-14-30/h1-26,34-38H,27,43H2/t34-,35+,36-,37+,38-/m1/s1. The van der Waals surface area contributed by atoms with Crippen LogP contribution in [-0.2, 0) is 28.5 Å². The van der Waals surface area contributed by atoms with Crippen LogP contribution in [0.1, 0.15) is 58.7 Å². The molecule has 5 aromatic carbocycles. The molecule has 5 aromatic rings. The molecule has 1 aliphatic heterocycles. The van der Waals surface area contributed by atoms with Crippen LogP contribution in [0.2, 0.25) is 0 Å². The van der Waals surface area contributed by atoms with Crippen molar-refractivity contribution in [3.63, 3.8) is 0 Å². The number of carbonyl (C=O) groups is 4. The average Bonchev–Trinajstić information content (AvgIpc) is 3.22. The summed E-state index contributed by atoms with van der Waals surface area (Å²) in [5.74, 6) is 2.20. The molecule has 5 atom stereocenters. The van der Waals surface area contributed by atoms with Crippen molar-refractivity contribution in [1.82, 2.24) is 0 Å². The molecular formula is C42H35NO10. The van der Waals surface area contributed by atoms with Gasteiger partial charge in [0.1, 0.15) is 25.1 Å². The second-order valence-corrected chi connectivity index (χ2v) is 11.9. The van der Waals surface area contributed by atoms with Crippen molar-refractivity contribution < 1.29 is 47.7 Å². The van der Waals surface area contributed by atoms with E-state index in [1.807, 2.05) is 0 Å². The van der Waals surface area contributed by atoms with Crippen molar-refractivity contribution in [3.8, 4) is 0 Å². The molecule has 0 unspecified atom stereocenters. The van der Waals surface area contributed by atoms with Crippen molar-refractivity contribution in [2.45, 2.75) is 30.5 Å². The van der Waals surface area contributed by atoms with Crippen LogP contribution >= 0.6 is 0 Å². The lowest BCUT2D eigenvalue weighted by Crippen LogP contribution is -2.59. The van der Waals surface area contributed by atoms with Gasteiger partial charge in [0, 0.05) is 0 Å². The largest absolute Gasteiger partial charge is 0.459 e. The summed E-state index contributed by atoms with van der Waals surface area (Å²) in [5, 5.41) is 0. The quantitative estimate of drug-likeness (QED) is 0.0652. The molecule has 0 bridgehead atoms. The zero-order valence-electron chi connectivity index (χ0n) is 28.3. The first kappa shape index (κ1) is 36.2. The summed E-state index contributed by atoms with van der Waals surface area (Å²) >= 11 is 0. The summed E-state index contributed by atoms with van der Waals surface area (Å²) < 4.78 is 30.7. The van der Waals surface area contributed by atoms with Crippen molar-refractivity contribution >= 4 is 30.0 Å². The first-order valence-electron chi connectivity index (χ1n) is 16.7. The maximum Gasteiger partial charge on any atom is 0.338 e. The topological polar surface area (TPSA) is 150 Å². The first-order valence-corrected chi connectivity index (χ1v) is 16.7. The van der Waals surface area contributed by atoms with Gasteiger partial charge in [0.25, 0.3) is 0 Å². The molecule has 2 N–H and O–H groups in total. The van der Waals surface area contributed by atoms with Gasteiger partial charge in [-0.25, -0.2) is 19.2 Å². The van der Waals surface area contributed by atoms with Gasteiger partial charge < -0.3 is 28.5 Å². The van der Waals surface area contributed by atoms with Crippen LogP contribution in [0.5, 0.6) is 0 Å². The van der Waals surface area contributed by atoms with Crippen molar-refractivity contribution in [3.05, 3.63) is 185 Å². The molecular weight excluding hydrogens is 678 g/mol. The molecule has 11 heteroatoms. The van der Waals surface area contributed by atoms with Gasteiger partial charge in [0.15, 0.2) is 18.3 Å². The van der Waals surface area contributed by atoms with Crippen LogP contribution in [-0.4, -0.2) is 54.9 Å². The zero-order valence-corrected chi connectivity index (χ0v) is 28.3. The summed E-state index contributed by atoms with van der Waals surface area (Å²) in [4.78, 5) is 58.9. The van der Waals surface area contributed by atoms with E-state index in [0.29, 0.717) is 5.56 Å². The van der Waals surface area contributed by atoms with E-state index in [1.165, 1.54) is 6.26 Å². The van der Waals surface area contributed by atoms with E-state index in [9.17, 15) is 19.2 Å². The monoisotopic (exact) mass is 713 g/mol. The molecule has 1 aliphatic rings. The van der Waals surface area contributed by atoms with E-state index in [2.05, 4.69) is 4.84 Å². The Labute approximate surface area is 305 Å². The molecule has 6 rings (SSSR count). The Morgan fingerprint density at radius 3 is 1.40 bits per heavy atom. The average molecular weight is 714 g/mol. The van der Waals surface area contributed by atoms with Crippen LogP contribution in [0.4, 0.5) is 0 Å². The number of hydrogen-bond donors (Lipinski definition) is 1. The Kier molecular flexibility index (Phi) is 12.0. The summed E-state index contributed by atoms with van der Waals surface area (Å²) in [6, 6.07) is 39.9. The molecule has 1 saturated heterocycles. The normalized spacial score (nSPS) is 19.5. The van der Waals surface area contributed by atoms with Gasteiger partial charge in [-0.05, 0) is 65.7 Å². The Balaban J connectivity index is 1.44. The first-order chi connectivity index (χ1) is 25.9. The van der Waals surface area contributed by atoms with Gasteiger partial charge in [-0.3, -0.25) is 0 Å². The van der Waals surface area contributed by atoms with Gasteiger partial charge in [-0.1, -0.05) is 97.1 Å². The van der Waals surface area contributed by atoms with Gasteiger partial charge in [-0.2, -0.15) is 5.90 Å². The molecule has 0 aromatic heterocycles. The molecule has 0 saturated carbocycles. The fourth-order valence-electron chi connectivity index (χ4n) is 5.75. The number of ether oxygens (including phenoxy) is 5. The molecule has 11 nitrogen and oxygen atoms in total. The molecule has 53 heavy (non-hydrogen) atoms. The third-order valence-corrected chi connectivity index (χ3v) is 8.38. The second-order valence-electron chi connectivity index (χ2n) is 11.9. The van der Waals surface area contributed by atoms with Gasteiger partial charge >= 0.3 is 23.9 Å². The summed E-state index contributed by atoms with van der Waals surface area (Å²) in [7, 11) is 0. The summed E-state index contributed by atoms with van der Waals surface area (Å²) in [5.41, 5.74) is 2.13. The second kappa shape index (κ2) is 17.6. The van der Waals surface area contributed by atoms with Crippen LogP contribution in [0, 0.1) is 0 Å². The molecule has 0 radical (unpaired) electrons. The minimum Gasteiger partial charge on any atom is -0.459 e. The van der Waals surface area contributed by atoms with E-state index in [-0.39, 0.29) is 22.3 Å². The van der Waals surface area contributed by atoms with Crippen molar-refractivity contribution in [2.75, 3.05) is 6.61 Å². The predicted octanol–water partition coefficient (Wildman–Crippen LogP) is 6.52. The van der Waals surface area contributed by atoms with Crippen LogP contribution < -0.4 is 5.90 Å². The Hall–Kier alpha value is -6.56. The zero-order chi connectivity index (χ0) is 37.0. The minimum atomic E-state index is -1.47. The highest BCUT2D eigenvalue weighted by Gasteiger charge is 2.53. The fraction of sp³-hybridized carbons (Fsp3) is 0.143. The fourth-order valence-corrected chi connectivity index (χ4v) is 5.75. The molecule has 0 amide bonds. The molecule has 1 fully saturated rings. The van der Waals surface area contributed by atoms with Gasteiger partial charge in [0.2, 0.25) is 0 Å². The number of rotatable bonds is 12. The Morgan fingerprint density at radius 1 is 0.528 bits per heavy atom. The highest BCUT2D eigenvalue weighted by Crippen LogP contribution is 2.39. The van der Waals surface area contributed by atoms with Crippen LogP contribution in [0.15, 0.2) is 152 Å². The number of nitrogens with two attached hydrogens (primary N) is 1. The number of benzene rings is 5. The maximum absolute atomic E-state index is 13.8. The van der Waals surface area contributed by atoms with E-state index in [4.69, 9.17) is 29.6 Å². The van der Waals surface area contributed by atoms with Crippen LogP contribution in [0.25, 0.3) is 6.08 Å². The Bertz CT molecular complexity index is 2010. The SMILES string of the molecule is NOC=Cc1ccc([C@@H]2O[C@H](COC(=O)c3ccccc3)[C@@H](OC(=O)c3ccccc3)[C@@H](OC(=O)c3ccccc3)[C@H]2OC(=O)c2ccccc2)cc1. The third-order valence-electron chi connectivity index (χ3n) is 8.38. The van der Waals surface area contributed by atoms with E-state index >= 15 is 0 Å². The molecule has 0 spiro atoms. The van der Waals surface area contributed by atoms with Crippen LogP contribution in [0.3, 0.4) is 0 Å². The smallest absolute Gasteiger partial charge is 0.338 e. The van der Waals surface area contributed by atoms with Gasteiger partial charge in [0.05, 0.1) is 22.3 Å². The van der Waals surface area contributed by atoms with E-state index < -0.39 is 61.0 Å². The highest BCUT2D eigenvalue weighted by molar-refractivity contribution is 5.91. The Morgan fingerprint density at radius 2 is 0.943 bits per heavy atom. The van der Waals surface area contributed by atoms with Gasteiger partial charge in [-0.15, -0.1) is 0 Å². The number of carbonyl (C=O) groups excluding carboxylic acids is 4. The predicted molar refractivity (Wildman–Crippen MR) is 192 cm³/mol. The molecule has 0 aliphatic carbocycles. The van der Waals surface area contributed by atoms with Crippen molar-refractivity contribution in [1.29, 1.82) is 0 Å². The van der Waals surface area contributed by atoms with E-state index in [0.717, 1.165) is 5.56 Å². The molecule has 268 valence electrons. The number of esters is 4. The molecule has 1 heterocycles. The minimum absolute atomic E-state index is 0.196. The lowest BCUT2D eigenvalue weighted by molar-refractivity contribution is -0.231. The lowest BCUT2D eigenvalue weighted by Gasteiger charge is -2.45. The van der Waals surface area contributed by atoms with Crippen molar-refractivity contribution in [2.24, 2.45) is 5.90 Å². The third kappa shape index (κ3) is 9.22.